The van der Waals surface area contributed by atoms with Crippen molar-refractivity contribution in [1.82, 2.24) is 10.2 Å². The summed E-state index contributed by atoms with van der Waals surface area (Å²) in [4.78, 5) is 24.0. The molecule has 5 heteroatoms. The number of rotatable bonds is 6. The van der Waals surface area contributed by atoms with Gasteiger partial charge in [0.25, 0.3) is 0 Å². The Morgan fingerprint density at radius 3 is 2.35 bits per heavy atom. The van der Waals surface area contributed by atoms with Crippen LogP contribution < -0.4 is 5.32 Å². The predicted molar refractivity (Wildman–Crippen MR) is 77.4 cm³/mol. The second-order valence-electron chi connectivity index (χ2n) is 5.15. The summed E-state index contributed by atoms with van der Waals surface area (Å²) in [5.74, 6) is -0.664. The highest BCUT2D eigenvalue weighted by atomic mass is 16.4. The SMILES string of the molecule is CC(C)C(NC(=O)N(C)CCC(=O)O)c1ccccc1. The van der Waals surface area contributed by atoms with Crippen LogP contribution in [0.4, 0.5) is 4.79 Å². The minimum absolute atomic E-state index is 0.0540. The number of amides is 2. The van der Waals surface area contributed by atoms with Gasteiger partial charge in [0.1, 0.15) is 0 Å². The zero-order chi connectivity index (χ0) is 15.1. The summed E-state index contributed by atoms with van der Waals surface area (Å²) in [7, 11) is 1.60. The first kappa shape index (κ1) is 16.0. The number of hydrogen-bond acceptors (Lipinski definition) is 2. The van der Waals surface area contributed by atoms with E-state index < -0.39 is 5.97 Å². The van der Waals surface area contributed by atoms with Crippen LogP contribution in [-0.2, 0) is 4.79 Å². The van der Waals surface area contributed by atoms with Crippen LogP contribution in [0.1, 0.15) is 31.9 Å². The largest absolute Gasteiger partial charge is 0.481 e. The van der Waals surface area contributed by atoms with Gasteiger partial charge >= 0.3 is 12.0 Å². The van der Waals surface area contributed by atoms with Crippen molar-refractivity contribution in [2.24, 2.45) is 5.92 Å². The Kier molecular flexibility index (Phi) is 6.03. The number of nitrogens with zero attached hydrogens (tertiary/aromatic N) is 1. The Hall–Kier alpha value is -2.04. The van der Waals surface area contributed by atoms with Crippen LogP contribution in [0.5, 0.6) is 0 Å². The van der Waals surface area contributed by atoms with Gasteiger partial charge in [-0.2, -0.15) is 0 Å². The number of aliphatic carboxylic acids is 1. The summed E-state index contributed by atoms with van der Waals surface area (Å²) >= 11 is 0. The maximum absolute atomic E-state index is 12.1. The third-order valence-corrected chi connectivity index (χ3v) is 3.11. The van der Waals surface area contributed by atoms with E-state index in [0.717, 1.165) is 5.56 Å². The van der Waals surface area contributed by atoms with Crippen molar-refractivity contribution in [1.29, 1.82) is 0 Å². The molecule has 2 amide bonds. The Labute approximate surface area is 119 Å². The first-order valence-electron chi connectivity index (χ1n) is 6.70. The maximum Gasteiger partial charge on any atom is 0.317 e. The van der Waals surface area contributed by atoms with Crippen LogP contribution in [0, 0.1) is 5.92 Å². The van der Waals surface area contributed by atoms with E-state index in [1.54, 1.807) is 7.05 Å². The molecule has 0 saturated carbocycles. The van der Waals surface area contributed by atoms with Crippen LogP contribution in [-0.4, -0.2) is 35.6 Å². The normalized spacial score (nSPS) is 12.0. The summed E-state index contributed by atoms with van der Waals surface area (Å²) in [6.07, 6.45) is -0.0540. The molecule has 1 aromatic carbocycles. The second-order valence-corrected chi connectivity index (χ2v) is 5.15. The fraction of sp³-hybridized carbons (Fsp3) is 0.467. The van der Waals surface area contributed by atoms with Crippen LogP contribution in [0.15, 0.2) is 30.3 Å². The van der Waals surface area contributed by atoms with E-state index in [2.05, 4.69) is 5.32 Å². The monoisotopic (exact) mass is 278 g/mol. The molecule has 0 aromatic heterocycles. The summed E-state index contributed by atoms with van der Waals surface area (Å²) in [5, 5.41) is 11.6. The highest BCUT2D eigenvalue weighted by Gasteiger charge is 2.20. The average molecular weight is 278 g/mol. The van der Waals surface area contributed by atoms with Gasteiger partial charge in [0.05, 0.1) is 12.5 Å². The molecule has 1 rings (SSSR count). The molecule has 0 spiro atoms. The lowest BCUT2D eigenvalue weighted by Gasteiger charge is -2.26. The van der Waals surface area contributed by atoms with E-state index >= 15 is 0 Å². The molecule has 0 aliphatic rings. The third kappa shape index (κ3) is 4.91. The van der Waals surface area contributed by atoms with E-state index in [-0.39, 0.29) is 31.0 Å². The second kappa shape index (κ2) is 7.53. The summed E-state index contributed by atoms with van der Waals surface area (Å²) in [6.45, 7) is 4.27. The zero-order valence-electron chi connectivity index (χ0n) is 12.2. The van der Waals surface area contributed by atoms with Gasteiger partial charge in [-0.05, 0) is 11.5 Å². The van der Waals surface area contributed by atoms with Crippen molar-refractivity contribution < 1.29 is 14.7 Å². The molecule has 1 unspecified atom stereocenters. The van der Waals surface area contributed by atoms with Gasteiger partial charge in [-0.25, -0.2) is 4.79 Å². The lowest BCUT2D eigenvalue weighted by Crippen LogP contribution is -2.41. The van der Waals surface area contributed by atoms with Crippen molar-refractivity contribution in [3.05, 3.63) is 35.9 Å². The Balaban J connectivity index is 2.67. The number of carbonyl (C=O) groups excluding carboxylic acids is 1. The maximum atomic E-state index is 12.1. The van der Waals surface area contributed by atoms with Gasteiger partial charge in [0.15, 0.2) is 0 Å². The molecule has 0 aliphatic heterocycles. The molecular formula is C15H22N2O3. The fourth-order valence-corrected chi connectivity index (χ4v) is 1.90. The molecule has 0 saturated heterocycles. The lowest BCUT2D eigenvalue weighted by molar-refractivity contribution is -0.137. The van der Waals surface area contributed by atoms with Crippen molar-refractivity contribution >= 4 is 12.0 Å². The molecule has 5 nitrogen and oxygen atoms in total. The summed E-state index contributed by atoms with van der Waals surface area (Å²) in [6, 6.07) is 9.41. The van der Waals surface area contributed by atoms with Crippen molar-refractivity contribution in [3.8, 4) is 0 Å². The van der Waals surface area contributed by atoms with Crippen LogP contribution in [0.2, 0.25) is 0 Å². The first-order chi connectivity index (χ1) is 9.41. The quantitative estimate of drug-likeness (QED) is 0.840. The van der Waals surface area contributed by atoms with Crippen molar-refractivity contribution in [2.75, 3.05) is 13.6 Å². The number of carbonyl (C=O) groups is 2. The fourth-order valence-electron chi connectivity index (χ4n) is 1.90. The Bertz CT molecular complexity index is 446. The highest BCUT2D eigenvalue weighted by molar-refractivity contribution is 5.75. The molecule has 1 aromatic rings. The van der Waals surface area contributed by atoms with Crippen LogP contribution >= 0.6 is 0 Å². The highest BCUT2D eigenvalue weighted by Crippen LogP contribution is 2.21. The van der Waals surface area contributed by atoms with Crippen LogP contribution in [0.3, 0.4) is 0 Å². The summed E-state index contributed by atoms with van der Waals surface area (Å²) in [5.41, 5.74) is 1.04. The van der Waals surface area contributed by atoms with Crippen molar-refractivity contribution in [3.63, 3.8) is 0 Å². The molecule has 2 N–H and O–H groups in total. The van der Waals surface area contributed by atoms with E-state index in [1.165, 1.54) is 4.90 Å². The number of nitrogens with one attached hydrogen (secondary N) is 1. The van der Waals surface area contributed by atoms with Gasteiger partial charge in [0, 0.05) is 13.6 Å². The molecule has 0 fully saturated rings. The zero-order valence-corrected chi connectivity index (χ0v) is 12.2. The van der Waals surface area contributed by atoms with Gasteiger partial charge in [-0.1, -0.05) is 44.2 Å². The van der Waals surface area contributed by atoms with E-state index in [0.29, 0.717) is 0 Å². The van der Waals surface area contributed by atoms with Gasteiger partial charge in [-0.15, -0.1) is 0 Å². The molecule has 0 heterocycles. The van der Waals surface area contributed by atoms with Gasteiger partial charge in [0.2, 0.25) is 0 Å². The number of carboxylic acids is 1. The minimum Gasteiger partial charge on any atom is -0.481 e. The smallest absolute Gasteiger partial charge is 0.317 e. The number of urea groups is 1. The van der Waals surface area contributed by atoms with E-state index in [9.17, 15) is 9.59 Å². The van der Waals surface area contributed by atoms with E-state index in [4.69, 9.17) is 5.11 Å². The number of benzene rings is 1. The third-order valence-electron chi connectivity index (χ3n) is 3.11. The lowest BCUT2D eigenvalue weighted by atomic mass is 9.96. The minimum atomic E-state index is -0.909. The Morgan fingerprint density at radius 2 is 1.85 bits per heavy atom. The predicted octanol–water partition coefficient (Wildman–Crippen LogP) is 2.50. The van der Waals surface area contributed by atoms with Crippen molar-refractivity contribution in [2.45, 2.75) is 26.3 Å². The van der Waals surface area contributed by atoms with Crippen LogP contribution in [0.25, 0.3) is 0 Å². The number of hydrogen-bond donors (Lipinski definition) is 2. The number of carboxylic acid groups (broad SMARTS) is 1. The van der Waals surface area contributed by atoms with Gasteiger partial charge in [-0.3, -0.25) is 4.79 Å². The summed E-state index contributed by atoms with van der Waals surface area (Å²) < 4.78 is 0. The topological polar surface area (TPSA) is 69.6 Å². The molecule has 20 heavy (non-hydrogen) atoms. The molecule has 110 valence electrons. The van der Waals surface area contributed by atoms with Gasteiger partial charge < -0.3 is 15.3 Å². The molecule has 1 atom stereocenters. The molecular weight excluding hydrogens is 256 g/mol. The Morgan fingerprint density at radius 1 is 1.25 bits per heavy atom. The molecule has 0 bridgehead atoms. The first-order valence-corrected chi connectivity index (χ1v) is 6.70. The average Bonchev–Trinajstić information content (AvgIpc) is 2.42. The standard InChI is InChI=1S/C15H22N2O3/c1-11(2)14(12-7-5-4-6-8-12)16-15(20)17(3)10-9-13(18)19/h4-8,11,14H,9-10H2,1-3H3,(H,16,20)(H,18,19). The molecule has 0 radical (unpaired) electrons. The van der Waals surface area contributed by atoms with E-state index in [1.807, 2.05) is 44.2 Å². The molecule has 0 aliphatic carbocycles.